The first kappa shape index (κ1) is 14.4. The van der Waals surface area contributed by atoms with Crippen LogP contribution in [0.4, 0.5) is 5.69 Å². The highest BCUT2D eigenvalue weighted by atomic mass is 32.2. The number of nitrogens with one attached hydrogen (secondary N) is 1. The van der Waals surface area contributed by atoms with Gasteiger partial charge in [-0.3, -0.25) is 4.72 Å². The molecule has 20 heavy (non-hydrogen) atoms. The zero-order valence-electron chi connectivity index (χ0n) is 11.7. The maximum absolute atomic E-state index is 12.4. The van der Waals surface area contributed by atoms with Crippen LogP contribution < -0.4 is 4.72 Å². The van der Waals surface area contributed by atoms with Gasteiger partial charge >= 0.3 is 0 Å². The molecule has 1 aromatic heterocycles. The molecule has 0 saturated carbocycles. The van der Waals surface area contributed by atoms with Crippen molar-refractivity contribution in [3.05, 3.63) is 34.7 Å². The Bertz CT molecular complexity index is 743. The van der Waals surface area contributed by atoms with Crippen molar-refractivity contribution >= 4 is 15.7 Å². The fraction of sp³-hybridized carbons (Fsp3) is 0.308. The molecule has 7 heteroatoms. The molecular weight excluding hydrogens is 280 g/mol. The van der Waals surface area contributed by atoms with Gasteiger partial charge in [-0.05, 0) is 39.3 Å². The molecule has 6 nitrogen and oxygen atoms in total. The number of sulfonamides is 1. The maximum atomic E-state index is 12.4. The summed E-state index contributed by atoms with van der Waals surface area (Å²) in [7, 11) is -3.80. The Balaban J connectivity index is 2.47. The van der Waals surface area contributed by atoms with E-state index in [9.17, 15) is 13.5 Å². The summed E-state index contributed by atoms with van der Waals surface area (Å²) < 4.78 is 32.0. The fourth-order valence-electron chi connectivity index (χ4n) is 2.00. The normalized spacial score (nSPS) is 11.6. The molecule has 1 heterocycles. The first-order valence-corrected chi connectivity index (χ1v) is 7.47. The molecule has 0 bridgehead atoms. The number of phenols is 1. The van der Waals surface area contributed by atoms with Crippen LogP contribution in [-0.2, 0) is 10.0 Å². The summed E-state index contributed by atoms with van der Waals surface area (Å²) in [5, 5.41) is 13.5. The molecule has 0 aliphatic heterocycles. The smallest absolute Gasteiger partial charge is 0.267 e. The molecule has 0 unspecified atom stereocenters. The lowest BCUT2D eigenvalue weighted by Crippen LogP contribution is -2.15. The number of aromatic nitrogens is 1. The molecule has 0 atom stereocenters. The Kier molecular flexibility index (Phi) is 3.47. The van der Waals surface area contributed by atoms with Crippen LogP contribution in [0.3, 0.4) is 0 Å². The number of aryl methyl sites for hydroxylation is 3. The van der Waals surface area contributed by atoms with Gasteiger partial charge in [-0.2, -0.15) is 0 Å². The number of benzene rings is 1. The van der Waals surface area contributed by atoms with E-state index in [2.05, 4.69) is 9.88 Å². The number of hydrogen-bond acceptors (Lipinski definition) is 5. The SMILES string of the molecule is Cc1ccc(NS(=O)(=O)c2c(C)noc2C)c(C)c1O. The van der Waals surface area contributed by atoms with E-state index in [0.717, 1.165) is 0 Å². The summed E-state index contributed by atoms with van der Waals surface area (Å²) in [6.45, 7) is 6.49. The third-order valence-corrected chi connectivity index (χ3v) is 4.72. The molecule has 0 aliphatic carbocycles. The number of hydrogen-bond donors (Lipinski definition) is 2. The van der Waals surface area contributed by atoms with E-state index in [1.54, 1.807) is 32.9 Å². The number of anilines is 1. The second-order valence-corrected chi connectivity index (χ2v) is 6.28. The standard InChI is InChI=1S/C13H16N2O4S/c1-7-5-6-11(8(2)12(7)16)15-20(17,18)13-9(3)14-19-10(13)4/h5-6,15-16H,1-4H3. The van der Waals surface area contributed by atoms with Crippen molar-refractivity contribution in [2.45, 2.75) is 32.6 Å². The first-order chi connectivity index (χ1) is 9.24. The number of phenolic OH excluding ortho intramolecular Hbond substituents is 1. The predicted molar refractivity (Wildman–Crippen MR) is 74.4 cm³/mol. The number of nitrogens with zero attached hydrogens (tertiary/aromatic N) is 1. The average Bonchev–Trinajstić information content (AvgIpc) is 2.70. The zero-order chi connectivity index (χ0) is 15.1. The second kappa shape index (κ2) is 4.82. The fourth-order valence-corrected chi connectivity index (χ4v) is 3.45. The van der Waals surface area contributed by atoms with Crippen LogP contribution in [-0.4, -0.2) is 18.7 Å². The van der Waals surface area contributed by atoms with Crippen LogP contribution in [0.15, 0.2) is 21.6 Å². The van der Waals surface area contributed by atoms with Crippen molar-refractivity contribution < 1.29 is 18.0 Å². The van der Waals surface area contributed by atoms with Gasteiger partial charge in [0.2, 0.25) is 0 Å². The van der Waals surface area contributed by atoms with Crippen LogP contribution in [0.25, 0.3) is 0 Å². The van der Waals surface area contributed by atoms with Gasteiger partial charge in [0.15, 0.2) is 10.7 Å². The molecule has 0 spiro atoms. The third kappa shape index (κ3) is 2.36. The summed E-state index contributed by atoms with van der Waals surface area (Å²) in [6.07, 6.45) is 0. The number of rotatable bonds is 3. The number of aromatic hydroxyl groups is 1. The van der Waals surface area contributed by atoms with Crippen LogP contribution in [0.1, 0.15) is 22.6 Å². The maximum Gasteiger partial charge on any atom is 0.267 e. The lowest BCUT2D eigenvalue weighted by atomic mass is 10.1. The highest BCUT2D eigenvalue weighted by molar-refractivity contribution is 7.92. The van der Waals surface area contributed by atoms with E-state index < -0.39 is 10.0 Å². The van der Waals surface area contributed by atoms with Crippen molar-refractivity contribution in [2.75, 3.05) is 4.72 Å². The molecule has 2 N–H and O–H groups in total. The van der Waals surface area contributed by atoms with Gasteiger partial charge in [-0.25, -0.2) is 8.42 Å². The second-order valence-electron chi connectivity index (χ2n) is 4.66. The topological polar surface area (TPSA) is 92.4 Å². The Hall–Kier alpha value is -2.02. The molecule has 1 aromatic carbocycles. The van der Waals surface area contributed by atoms with Crippen molar-refractivity contribution in [2.24, 2.45) is 0 Å². The largest absolute Gasteiger partial charge is 0.507 e. The van der Waals surface area contributed by atoms with Crippen molar-refractivity contribution in [3.8, 4) is 5.75 Å². The Morgan fingerprint density at radius 2 is 1.85 bits per heavy atom. The quantitative estimate of drug-likeness (QED) is 0.907. The van der Waals surface area contributed by atoms with Crippen molar-refractivity contribution in [3.63, 3.8) is 0 Å². The van der Waals surface area contributed by atoms with Gasteiger partial charge in [-0.15, -0.1) is 0 Å². The van der Waals surface area contributed by atoms with Crippen LogP contribution in [0.5, 0.6) is 5.75 Å². The van der Waals surface area contributed by atoms with Crippen molar-refractivity contribution in [1.29, 1.82) is 0 Å². The van der Waals surface area contributed by atoms with E-state index >= 15 is 0 Å². The van der Waals surface area contributed by atoms with Gasteiger partial charge in [-0.1, -0.05) is 11.2 Å². The minimum atomic E-state index is -3.80. The summed E-state index contributed by atoms with van der Waals surface area (Å²) in [6, 6.07) is 3.26. The Labute approximate surface area is 117 Å². The predicted octanol–water partition coefficient (Wildman–Crippen LogP) is 2.41. The highest BCUT2D eigenvalue weighted by Gasteiger charge is 2.25. The molecule has 0 aliphatic rings. The van der Waals surface area contributed by atoms with Crippen LogP contribution in [0, 0.1) is 27.7 Å². The van der Waals surface area contributed by atoms with Gasteiger partial charge in [0.25, 0.3) is 10.0 Å². The van der Waals surface area contributed by atoms with Gasteiger partial charge in [0, 0.05) is 5.56 Å². The highest BCUT2D eigenvalue weighted by Crippen LogP contribution is 2.30. The monoisotopic (exact) mass is 296 g/mol. The van der Waals surface area contributed by atoms with Gasteiger partial charge < -0.3 is 9.63 Å². The molecule has 0 amide bonds. The molecule has 2 rings (SSSR count). The van der Waals surface area contributed by atoms with Gasteiger partial charge in [0.05, 0.1) is 5.69 Å². The third-order valence-electron chi connectivity index (χ3n) is 3.11. The zero-order valence-corrected chi connectivity index (χ0v) is 12.5. The molecular formula is C13H16N2O4S. The minimum absolute atomic E-state index is 0.0250. The van der Waals surface area contributed by atoms with Crippen LogP contribution >= 0.6 is 0 Å². The van der Waals surface area contributed by atoms with Crippen molar-refractivity contribution in [1.82, 2.24) is 5.16 Å². The van der Waals surface area contributed by atoms with E-state index in [0.29, 0.717) is 22.5 Å². The van der Waals surface area contributed by atoms with Crippen LogP contribution in [0.2, 0.25) is 0 Å². The van der Waals surface area contributed by atoms with E-state index in [4.69, 9.17) is 4.52 Å². The lowest BCUT2D eigenvalue weighted by molar-refractivity contribution is 0.390. The summed E-state index contributed by atoms with van der Waals surface area (Å²) in [5.41, 5.74) is 1.78. The first-order valence-electron chi connectivity index (χ1n) is 5.99. The molecule has 0 saturated heterocycles. The van der Waals surface area contributed by atoms with E-state index in [1.807, 2.05) is 0 Å². The Morgan fingerprint density at radius 3 is 2.40 bits per heavy atom. The van der Waals surface area contributed by atoms with Gasteiger partial charge in [0.1, 0.15) is 11.4 Å². The van der Waals surface area contributed by atoms with E-state index in [1.165, 1.54) is 6.92 Å². The summed E-state index contributed by atoms with van der Waals surface area (Å²) in [4.78, 5) is 0.0250. The Morgan fingerprint density at radius 1 is 1.20 bits per heavy atom. The molecule has 0 radical (unpaired) electrons. The molecule has 0 fully saturated rings. The minimum Gasteiger partial charge on any atom is -0.507 e. The summed E-state index contributed by atoms with van der Waals surface area (Å²) >= 11 is 0. The summed E-state index contributed by atoms with van der Waals surface area (Å²) in [5.74, 6) is 0.299. The molecule has 108 valence electrons. The lowest BCUT2D eigenvalue weighted by Gasteiger charge is -2.12. The molecule has 2 aromatic rings. The average molecular weight is 296 g/mol. The van der Waals surface area contributed by atoms with E-state index in [-0.39, 0.29) is 16.4 Å².